The molecule has 1 fully saturated rings. The zero-order chi connectivity index (χ0) is 16.9. The van der Waals surface area contributed by atoms with E-state index < -0.39 is 6.09 Å². The van der Waals surface area contributed by atoms with Crippen molar-refractivity contribution < 1.29 is 14.3 Å². The maximum Gasteiger partial charge on any atom is 0.411 e. The standard InChI is InChI=1S/C20H22FNO2/c21-18-10-12-19(13-11-18)22(20(23)24)14-15-6-8-17(9-7-15)16-4-2-1-3-5-16/h1-5,10-13,15,17H,6-9,14H2,(H,23,24)/t15-,17+. The number of amides is 1. The Kier molecular flexibility index (Phi) is 5.14. The molecule has 0 heterocycles. The summed E-state index contributed by atoms with van der Waals surface area (Å²) >= 11 is 0. The molecule has 0 aromatic heterocycles. The second kappa shape index (κ2) is 7.47. The van der Waals surface area contributed by atoms with Crippen LogP contribution >= 0.6 is 0 Å². The number of hydrogen-bond acceptors (Lipinski definition) is 1. The van der Waals surface area contributed by atoms with Crippen LogP contribution in [0, 0.1) is 11.7 Å². The Morgan fingerprint density at radius 3 is 2.21 bits per heavy atom. The van der Waals surface area contributed by atoms with Crippen molar-refractivity contribution in [1.82, 2.24) is 0 Å². The molecule has 0 saturated heterocycles. The maximum absolute atomic E-state index is 13.0. The van der Waals surface area contributed by atoms with E-state index in [2.05, 4.69) is 24.3 Å². The minimum Gasteiger partial charge on any atom is -0.465 e. The van der Waals surface area contributed by atoms with Crippen molar-refractivity contribution in [2.24, 2.45) is 5.92 Å². The number of halogens is 1. The largest absolute Gasteiger partial charge is 0.465 e. The zero-order valence-electron chi connectivity index (χ0n) is 13.6. The second-order valence-electron chi connectivity index (χ2n) is 6.50. The topological polar surface area (TPSA) is 40.5 Å². The van der Waals surface area contributed by atoms with Gasteiger partial charge in [0.2, 0.25) is 0 Å². The Hall–Kier alpha value is -2.36. The highest BCUT2D eigenvalue weighted by atomic mass is 19.1. The Balaban J connectivity index is 1.61. The minimum atomic E-state index is -0.980. The smallest absolute Gasteiger partial charge is 0.411 e. The molecule has 126 valence electrons. The van der Waals surface area contributed by atoms with Crippen LogP contribution in [-0.2, 0) is 0 Å². The van der Waals surface area contributed by atoms with Gasteiger partial charge in [-0.25, -0.2) is 9.18 Å². The third kappa shape index (κ3) is 3.94. The van der Waals surface area contributed by atoms with E-state index >= 15 is 0 Å². The highest BCUT2D eigenvalue weighted by Crippen LogP contribution is 2.36. The lowest BCUT2D eigenvalue weighted by Crippen LogP contribution is -2.35. The van der Waals surface area contributed by atoms with Crippen LogP contribution in [0.15, 0.2) is 54.6 Å². The molecule has 2 aromatic carbocycles. The Labute approximate surface area is 141 Å². The third-order valence-electron chi connectivity index (χ3n) is 4.93. The van der Waals surface area contributed by atoms with Crippen LogP contribution < -0.4 is 4.90 Å². The van der Waals surface area contributed by atoms with Gasteiger partial charge in [-0.1, -0.05) is 30.3 Å². The van der Waals surface area contributed by atoms with E-state index in [4.69, 9.17) is 0 Å². The van der Waals surface area contributed by atoms with Gasteiger partial charge in [-0.05, 0) is 67.3 Å². The van der Waals surface area contributed by atoms with Gasteiger partial charge in [0.25, 0.3) is 0 Å². The first kappa shape index (κ1) is 16.5. The maximum atomic E-state index is 13.0. The van der Waals surface area contributed by atoms with Crippen LogP contribution in [-0.4, -0.2) is 17.7 Å². The molecule has 1 N–H and O–H groups in total. The van der Waals surface area contributed by atoms with Gasteiger partial charge < -0.3 is 5.11 Å². The van der Waals surface area contributed by atoms with Crippen LogP contribution in [0.5, 0.6) is 0 Å². The van der Waals surface area contributed by atoms with E-state index in [1.54, 1.807) is 0 Å². The molecule has 24 heavy (non-hydrogen) atoms. The number of hydrogen-bond donors (Lipinski definition) is 1. The Morgan fingerprint density at radius 1 is 1.00 bits per heavy atom. The molecule has 0 bridgehead atoms. The average molecular weight is 327 g/mol. The lowest BCUT2D eigenvalue weighted by molar-refractivity contribution is 0.198. The number of nitrogens with zero attached hydrogens (tertiary/aromatic N) is 1. The van der Waals surface area contributed by atoms with Crippen LogP contribution in [0.25, 0.3) is 0 Å². The molecule has 3 rings (SSSR count). The molecule has 1 aliphatic rings. The molecule has 1 saturated carbocycles. The molecule has 0 spiro atoms. The first-order valence-corrected chi connectivity index (χ1v) is 8.44. The zero-order valence-corrected chi connectivity index (χ0v) is 13.6. The molecular weight excluding hydrogens is 305 g/mol. The van der Waals surface area contributed by atoms with Gasteiger partial charge in [0, 0.05) is 12.2 Å². The summed E-state index contributed by atoms with van der Waals surface area (Å²) in [4.78, 5) is 12.9. The Morgan fingerprint density at radius 2 is 1.62 bits per heavy atom. The molecule has 0 aliphatic heterocycles. The molecule has 4 heteroatoms. The molecule has 0 atom stereocenters. The van der Waals surface area contributed by atoms with Gasteiger partial charge in [-0.15, -0.1) is 0 Å². The van der Waals surface area contributed by atoms with Gasteiger partial charge in [0.15, 0.2) is 0 Å². The van der Waals surface area contributed by atoms with Crippen molar-refractivity contribution in [2.45, 2.75) is 31.6 Å². The normalized spacial score (nSPS) is 20.5. The first-order chi connectivity index (χ1) is 11.6. The van der Waals surface area contributed by atoms with E-state index in [0.29, 0.717) is 24.1 Å². The Bertz CT molecular complexity index is 664. The van der Waals surface area contributed by atoms with Gasteiger partial charge in [-0.3, -0.25) is 4.90 Å². The lowest BCUT2D eigenvalue weighted by Gasteiger charge is -2.32. The number of carbonyl (C=O) groups is 1. The lowest BCUT2D eigenvalue weighted by atomic mass is 9.78. The first-order valence-electron chi connectivity index (χ1n) is 8.44. The summed E-state index contributed by atoms with van der Waals surface area (Å²) in [5, 5.41) is 9.49. The van der Waals surface area contributed by atoms with Crippen LogP contribution in [0.4, 0.5) is 14.9 Å². The van der Waals surface area contributed by atoms with Crippen molar-refractivity contribution in [2.75, 3.05) is 11.4 Å². The minimum absolute atomic E-state index is 0.353. The summed E-state index contributed by atoms with van der Waals surface area (Å²) in [7, 11) is 0. The summed E-state index contributed by atoms with van der Waals surface area (Å²) in [6.45, 7) is 0.475. The van der Waals surface area contributed by atoms with E-state index in [-0.39, 0.29) is 5.82 Å². The second-order valence-corrected chi connectivity index (χ2v) is 6.50. The fourth-order valence-corrected chi connectivity index (χ4v) is 3.58. The summed E-state index contributed by atoms with van der Waals surface area (Å²) in [5.74, 6) is 0.574. The predicted octanol–water partition coefficient (Wildman–Crippen LogP) is 5.28. The van der Waals surface area contributed by atoms with E-state index in [1.807, 2.05) is 6.07 Å². The number of benzene rings is 2. The molecule has 2 aromatic rings. The predicted molar refractivity (Wildman–Crippen MR) is 92.9 cm³/mol. The van der Waals surface area contributed by atoms with Crippen LogP contribution in [0.2, 0.25) is 0 Å². The average Bonchev–Trinajstić information content (AvgIpc) is 2.62. The molecule has 1 aliphatic carbocycles. The van der Waals surface area contributed by atoms with E-state index in [9.17, 15) is 14.3 Å². The van der Waals surface area contributed by atoms with E-state index in [0.717, 1.165) is 25.7 Å². The molecule has 0 radical (unpaired) electrons. The van der Waals surface area contributed by atoms with E-state index in [1.165, 1.54) is 34.7 Å². The molecular formula is C20H22FNO2. The molecule has 3 nitrogen and oxygen atoms in total. The SMILES string of the molecule is O=C(O)N(C[C@H]1CC[C@@H](c2ccccc2)CC1)c1ccc(F)cc1. The quantitative estimate of drug-likeness (QED) is 0.829. The van der Waals surface area contributed by atoms with Crippen molar-refractivity contribution in [3.8, 4) is 0 Å². The van der Waals surface area contributed by atoms with Gasteiger partial charge in [-0.2, -0.15) is 0 Å². The van der Waals surface area contributed by atoms with Crippen LogP contribution in [0.3, 0.4) is 0 Å². The van der Waals surface area contributed by atoms with Gasteiger partial charge in [0.05, 0.1) is 0 Å². The highest BCUT2D eigenvalue weighted by molar-refractivity contribution is 5.85. The fourth-order valence-electron chi connectivity index (χ4n) is 3.58. The van der Waals surface area contributed by atoms with Gasteiger partial charge in [0.1, 0.15) is 5.82 Å². The van der Waals surface area contributed by atoms with Crippen molar-refractivity contribution in [3.63, 3.8) is 0 Å². The number of anilines is 1. The van der Waals surface area contributed by atoms with Crippen molar-refractivity contribution in [3.05, 3.63) is 66.0 Å². The van der Waals surface area contributed by atoms with Crippen molar-refractivity contribution in [1.29, 1.82) is 0 Å². The van der Waals surface area contributed by atoms with Gasteiger partial charge >= 0.3 is 6.09 Å². The molecule has 1 amide bonds. The monoisotopic (exact) mass is 327 g/mol. The number of carboxylic acid groups (broad SMARTS) is 1. The summed E-state index contributed by atoms with van der Waals surface area (Å²) in [6, 6.07) is 16.2. The fraction of sp³-hybridized carbons (Fsp3) is 0.350. The van der Waals surface area contributed by atoms with Crippen molar-refractivity contribution >= 4 is 11.8 Å². The highest BCUT2D eigenvalue weighted by Gasteiger charge is 2.26. The van der Waals surface area contributed by atoms with Crippen LogP contribution in [0.1, 0.15) is 37.2 Å². The summed E-state index contributed by atoms with van der Waals surface area (Å²) < 4.78 is 13.0. The third-order valence-corrected chi connectivity index (χ3v) is 4.93. The molecule has 0 unspecified atom stereocenters. The summed E-state index contributed by atoms with van der Waals surface area (Å²) in [6.07, 6.45) is 3.23. The number of rotatable bonds is 4. The summed E-state index contributed by atoms with van der Waals surface area (Å²) in [5.41, 5.74) is 1.92.